The zero-order chi connectivity index (χ0) is 19.7. The van der Waals surface area contributed by atoms with E-state index in [0.29, 0.717) is 40.2 Å². The normalized spacial score (nSPS) is 19.7. The van der Waals surface area contributed by atoms with Crippen LogP contribution in [0.3, 0.4) is 0 Å². The minimum Gasteiger partial charge on any atom is -0.398 e. The third-order valence-corrected chi connectivity index (χ3v) is 5.39. The lowest BCUT2D eigenvalue weighted by molar-refractivity contribution is 0.402. The summed E-state index contributed by atoms with van der Waals surface area (Å²) in [5, 5.41) is 15.6. The Morgan fingerprint density at radius 2 is 2.07 bits per heavy atom. The predicted molar refractivity (Wildman–Crippen MR) is 112 cm³/mol. The van der Waals surface area contributed by atoms with Gasteiger partial charge in [-0.25, -0.2) is 4.68 Å². The quantitative estimate of drug-likeness (QED) is 0.479. The highest BCUT2D eigenvalue weighted by atomic mass is 35.5. The van der Waals surface area contributed by atoms with Gasteiger partial charge < -0.3 is 22.1 Å². The second-order valence-electron chi connectivity index (χ2n) is 7.03. The van der Waals surface area contributed by atoms with E-state index in [0.717, 1.165) is 31.4 Å². The van der Waals surface area contributed by atoms with Crippen LogP contribution in [0.4, 0.5) is 23.1 Å². The number of aromatic nitrogens is 5. The lowest BCUT2D eigenvalue weighted by Gasteiger charge is -2.29. The number of anilines is 4. The van der Waals surface area contributed by atoms with Gasteiger partial charge in [0.2, 0.25) is 5.95 Å². The Labute approximate surface area is 167 Å². The van der Waals surface area contributed by atoms with E-state index < -0.39 is 0 Å². The van der Waals surface area contributed by atoms with Gasteiger partial charge in [0.05, 0.1) is 10.7 Å². The highest BCUT2D eigenvalue weighted by Crippen LogP contribution is 2.28. The molecule has 9 nitrogen and oxygen atoms in total. The molecule has 0 bridgehead atoms. The van der Waals surface area contributed by atoms with Gasteiger partial charge >= 0.3 is 0 Å². The van der Waals surface area contributed by atoms with Gasteiger partial charge in [-0.3, -0.25) is 0 Å². The van der Waals surface area contributed by atoms with E-state index in [1.165, 1.54) is 0 Å². The molecule has 1 aromatic carbocycles. The van der Waals surface area contributed by atoms with Crippen LogP contribution < -0.4 is 22.1 Å². The molecule has 1 aliphatic carbocycles. The molecule has 0 amide bonds. The van der Waals surface area contributed by atoms with Gasteiger partial charge in [-0.05, 0) is 38.0 Å². The first-order chi connectivity index (χ1) is 13.5. The van der Waals surface area contributed by atoms with E-state index in [1.54, 1.807) is 16.8 Å². The van der Waals surface area contributed by atoms with Crippen LogP contribution >= 0.6 is 11.6 Å². The molecule has 3 aromatic rings. The van der Waals surface area contributed by atoms with E-state index in [4.69, 9.17) is 23.1 Å². The van der Waals surface area contributed by atoms with Crippen LogP contribution in [0.1, 0.15) is 32.6 Å². The van der Waals surface area contributed by atoms with Crippen LogP contribution in [0.25, 0.3) is 11.2 Å². The average molecular weight is 402 g/mol. The van der Waals surface area contributed by atoms with E-state index in [2.05, 4.69) is 30.9 Å². The molecule has 2 heterocycles. The summed E-state index contributed by atoms with van der Waals surface area (Å²) in [6, 6.07) is 5.57. The van der Waals surface area contributed by atoms with Crippen LogP contribution in [0.2, 0.25) is 5.02 Å². The number of nitrogens with zero attached hydrogens (tertiary/aromatic N) is 5. The molecule has 2 atom stereocenters. The van der Waals surface area contributed by atoms with E-state index in [-0.39, 0.29) is 12.1 Å². The Balaban J connectivity index is 1.71. The summed E-state index contributed by atoms with van der Waals surface area (Å²) in [6.07, 6.45) is 4.32. The summed E-state index contributed by atoms with van der Waals surface area (Å²) < 4.78 is 1.74. The summed E-state index contributed by atoms with van der Waals surface area (Å²) in [5.74, 6) is 1.06. The maximum atomic E-state index is 6.28. The molecule has 4 rings (SSSR count). The number of benzene rings is 1. The van der Waals surface area contributed by atoms with Gasteiger partial charge in [0.15, 0.2) is 17.0 Å². The summed E-state index contributed by atoms with van der Waals surface area (Å²) in [7, 11) is 0. The van der Waals surface area contributed by atoms with E-state index in [1.807, 2.05) is 13.0 Å². The van der Waals surface area contributed by atoms with E-state index in [9.17, 15) is 0 Å². The van der Waals surface area contributed by atoms with Crippen LogP contribution in [-0.4, -0.2) is 37.0 Å². The summed E-state index contributed by atoms with van der Waals surface area (Å²) in [5.41, 5.74) is 14.6. The Bertz CT molecular complexity index is 987. The largest absolute Gasteiger partial charge is 0.398 e. The zero-order valence-electron chi connectivity index (χ0n) is 15.7. The fraction of sp³-hybridized carbons (Fsp3) is 0.444. The third-order valence-electron chi connectivity index (χ3n) is 5.06. The molecule has 0 saturated heterocycles. The lowest BCUT2D eigenvalue weighted by atomic mass is 9.91. The number of fused-ring (bicyclic) bond motifs is 1. The summed E-state index contributed by atoms with van der Waals surface area (Å²) >= 11 is 6.14. The van der Waals surface area contributed by atoms with Crippen molar-refractivity contribution in [1.82, 2.24) is 25.0 Å². The first-order valence-corrected chi connectivity index (χ1v) is 9.88. The number of hydrogen-bond acceptors (Lipinski definition) is 8. The van der Waals surface area contributed by atoms with Crippen molar-refractivity contribution in [1.29, 1.82) is 0 Å². The van der Waals surface area contributed by atoms with Crippen molar-refractivity contribution < 1.29 is 0 Å². The molecule has 0 aliphatic heterocycles. The molecule has 10 heteroatoms. The van der Waals surface area contributed by atoms with Gasteiger partial charge in [0.25, 0.3) is 0 Å². The van der Waals surface area contributed by atoms with Crippen molar-refractivity contribution in [3.05, 3.63) is 23.2 Å². The highest BCUT2D eigenvalue weighted by Gasteiger charge is 2.23. The first kappa shape index (κ1) is 18.7. The predicted octanol–water partition coefficient (Wildman–Crippen LogP) is 2.90. The van der Waals surface area contributed by atoms with Crippen molar-refractivity contribution in [3.63, 3.8) is 0 Å². The van der Waals surface area contributed by atoms with Crippen LogP contribution in [0.15, 0.2) is 18.2 Å². The minimum absolute atomic E-state index is 0.0922. The lowest BCUT2D eigenvalue weighted by Crippen LogP contribution is -2.43. The Morgan fingerprint density at radius 3 is 2.82 bits per heavy atom. The molecule has 6 N–H and O–H groups in total. The summed E-state index contributed by atoms with van der Waals surface area (Å²) in [4.78, 5) is 9.29. The molecule has 0 spiro atoms. The number of rotatable bonds is 5. The highest BCUT2D eigenvalue weighted by molar-refractivity contribution is 6.33. The monoisotopic (exact) mass is 401 g/mol. The van der Waals surface area contributed by atoms with Crippen molar-refractivity contribution in [2.75, 3.05) is 16.4 Å². The van der Waals surface area contributed by atoms with Crippen LogP contribution in [-0.2, 0) is 6.54 Å². The third kappa shape index (κ3) is 3.67. The number of hydrogen-bond donors (Lipinski definition) is 4. The first-order valence-electron chi connectivity index (χ1n) is 9.50. The second kappa shape index (κ2) is 7.76. The Hall–Kier alpha value is -2.65. The van der Waals surface area contributed by atoms with Gasteiger partial charge in [-0.1, -0.05) is 29.7 Å². The molecule has 2 aromatic heterocycles. The fourth-order valence-electron chi connectivity index (χ4n) is 3.47. The molecular formula is C18H24ClN9. The number of halogens is 1. The topological polar surface area (TPSA) is 133 Å². The van der Waals surface area contributed by atoms with Gasteiger partial charge in [0.1, 0.15) is 0 Å². The van der Waals surface area contributed by atoms with Gasteiger partial charge in [-0.15, -0.1) is 5.10 Å². The Kier molecular flexibility index (Phi) is 5.19. The SMILES string of the molecule is CCn1nnc2c(Nc3ccc(N)c(Cl)c3)nc(NC3CCCCC3N)nc21. The van der Waals surface area contributed by atoms with Crippen molar-refractivity contribution >= 4 is 45.9 Å². The molecular weight excluding hydrogens is 378 g/mol. The molecule has 148 valence electrons. The van der Waals surface area contributed by atoms with Crippen LogP contribution in [0.5, 0.6) is 0 Å². The molecule has 28 heavy (non-hydrogen) atoms. The second-order valence-corrected chi connectivity index (χ2v) is 7.44. The smallest absolute Gasteiger partial charge is 0.227 e. The number of aryl methyl sites for hydroxylation is 1. The van der Waals surface area contributed by atoms with Crippen molar-refractivity contribution in [2.24, 2.45) is 5.73 Å². The van der Waals surface area contributed by atoms with Crippen molar-refractivity contribution in [3.8, 4) is 0 Å². The molecule has 1 fully saturated rings. The van der Waals surface area contributed by atoms with Crippen LogP contribution in [0, 0.1) is 0 Å². The standard InChI is InChI=1S/C18H24ClN9/c1-2-28-17-15(26-27-28)16(22-10-7-8-12(20)11(19)9-10)24-18(25-17)23-14-6-4-3-5-13(14)21/h7-9,13-14H,2-6,20-21H2,1H3,(H2,22,23,24,25). The molecule has 1 saturated carbocycles. The number of nitrogens with one attached hydrogen (secondary N) is 2. The molecule has 0 radical (unpaired) electrons. The zero-order valence-corrected chi connectivity index (χ0v) is 16.4. The van der Waals surface area contributed by atoms with E-state index >= 15 is 0 Å². The maximum absolute atomic E-state index is 6.28. The average Bonchev–Trinajstić information content (AvgIpc) is 3.10. The fourth-order valence-corrected chi connectivity index (χ4v) is 3.65. The number of nitrogen functional groups attached to an aromatic ring is 1. The Morgan fingerprint density at radius 1 is 1.25 bits per heavy atom. The van der Waals surface area contributed by atoms with Crippen molar-refractivity contribution in [2.45, 2.75) is 51.2 Å². The van der Waals surface area contributed by atoms with Gasteiger partial charge in [0, 0.05) is 24.3 Å². The minimum atomic E-state index is 0.0922. The number of nitrogens with two attached hydrogens (primary N) is 2. The molecule has 2 unspecified atom stereocenters. The van der Waals surface area contributed by atoms with Gasteiger partial charge in [-0.2, -0.15) is 9.97 Å². The summed E-state index contributed by atoms with van der Waals surface area (Å²) in [6.45, 7) is 2.65. The molecule has 1 aliphatic rings. The maximum Gasteiger partial charge on any atom is 0.227 e.